The second-order valence-corrected chi connectivity index (χ2v) is 12.6. The summed E-state index contributed by atoms with van der Waals surface area (Å²) in [5.41, 5.74) is 14.9. The van der Waals surface area contributed by atoms with Crippen LogP contribution in [0.2, 0.25) is 0 Å². The molecule has 2 aliphatic rings. The summed E-state index contributed by atoms with van der Waals surface area (Å²) >= 11 is 0.373. The Morgan fingerprint density at radius 3 is 2.42 bits per heavy atom. The van der Waals surface area contributed by atoms with Crippen LogP contribution in [-0.2, 0) is 0 Å². The molecule has 0 spiro atoms. The van der Waals surface area contributed by atoms with Crippen molar-refractivity contribution in [1.82, 2.24) is 0 Å². The van der Waals surface area contributed by atoms with Gasteiger partial charge in [0.25, 0.3) is 0 Å². The molecule has 4 heteroatoms. The molecule has 1 aliphatic heterocycles. The van der Waals surface area contributed by atoms with E-state index < -0.39 is 0 Å². The summed E-state index contributed by atoms with van der Waals surface area (Å²) in [6, 6.07) is 0. The first-order valence-corrected chi connectivity index (χ1v) is 9.05. The van der Waals surface area contributed by atoms with Crippen molar-refractivity contribution in [3.8, 4) is 0 Å². The molecule has 0 amide bonds. The third kappa shape index (κ3) is 1.30. The quantitative estimate of drug-likeness (QED) is 0.245. The van der Waals surface area contributed by atoms with E-state index in [1.54, 1.807) is 0 Å². The molecule has 72 valence electrons. The van der Waals surface area contributed by atoms with Crippen LogP contribution in [0, 0.1) is 5.92 Å². The summed E-state index contributed by atoms with van der Waals surface area (Å²) in [4.78, 5) is 0. The second kappa shape index (κ2) is 3.27. The third-order valence-corrected chi connectivity index (χ3v) is 13.0. The van der Waals surface area contributed by atoms with Crippen molar-refractivity contribution in [2.75, 3.05) is 0 Å². The minimum absolute atomic E-state index is 0.164. The fourth-order valence-electron chi connectivity index (χ4n) is 1.88. The Morgan fingerprint density at radius 1 is 1.25 bits per heavy atom. The molecule has 4 atom stereocenters. The van der Waals surface area contributed by atoms with Gasteiger partial charge in [-0.2, -0.15) is 0 Å². The molecule has 1 saturated heterocycles. The number of nitrogens with two attached hydrogens (primary N) is 2. The van der Waals surface area contributed by atoms with Crippen molar-refractivity contribution in [2.45, 2.75) is 23.8 Å². The van der Waals surface area contributed by atoms with Gasteiger partial charge in [-0.05, 0) is 0 Å². The molecule has 2 rings (SSSR count). The van der Waals surface area contributed by atoms with Crippen LogP contribution in [0.1, 0.15) is 13.8 Å². The summed E-state index contributed by atoms with van der Waals surface area (Å²) in [7, 11) is 0. The van der Waals surface area contributed by atoms with Crippen molar-refractivity contribution in [3.63, 3.8) is 0 Å². The van der Waals surface area contributed by atoms with Crippen LogP contribution in [0.4, 0.5) is 0 Å². The Morgan fingerprint density at radius 2 is 1.83 bits per heavy atom. The van der Waals surface area contributed by atoms with E-state index in [-0.39, 0.29) is 42.4 Å². The van der Waals surface area contributed by atoms with Crippen molar-refractivity contribution >= 4 is 0 Å². The number of halogens is 2. The molecule has 0 saturated carbocycles. The fourth-order valence-corrected chi connectivity index (χ4v) is 13.2. The average molecular weight is 392 g/mol. The zero-order valence-electron chi connectivity index (χ0n) is 7.22. The van der Waals surface area contributed by atoms with Gasteiger partial charge >= 0.3 is 94.8 Å². The van der Waals surface area contributed by atoms with Crippen LogP contribution in [0.3, 0.4) is 0 Å². The Labute approximate surface area is 94.0 Å². The van der Waals surface area contributed by atoms with E-state index >= 15 is 0 Å². The number of hydrogen-bond donors (Lipinski definition) is 2. The molecule has 0 aromatic rings. The van der Waals surface area contributed by atoms with Gasteiger partial charge < -0.3 is 0 Å². The van der Waals surface area contributed by atoms with Crippen LogP contribution in [0.15, 0.2) is 11.3 Å². The van der Waals surface area contributed by atoms with E-state index in [1.165, 1.54) is 11.3 Å². The van der Waals surface area contributed by atoms with Gasteiger partial charge in [-0.1, -0.05) is 0 Å². The Hall–Kier alpha value is 0.960. The van der Waals surface area contributed by atoms with Gasteiger partial charge in [0.1, 0.15) is 0 Å². The number of rotatable bonds is 0. The summed E-state index contributed by atoms with van der Waals surface area (Å²) in [5, 5.41) is 0. The molecule has 1 heterocycles. The first-order valence-electron chi connectivity index (χ1n) is 4.07. The van der Waals surface area contributed by atoms with Crippen LogP contribution in [0.5, 0.6) is 0 Å². The topological polar surface area (TPSA) is 52.0 Å². The first kappa shape index (κ1) is 9.51. The summed E-state index contributed by atoms with van der Waals surface area (Å²) in [6.45, 7) is 4.59. The molecule has 1 aliphatic carbocycles. The van der Waals surface area contributed by atoms with Gasteiger partial charge in [0, 0.05) is 0 Å². The van der Waals surface area contributed by atoms with Gasteiger partial charge in [0.15, 0.2) is 0 Å². The Balaban J connectivity index is 2.30. The molecule has 2 bridgehead atoms. The van der Waals surface area contributed by atoms with Crippen molar-refractivity contribution < 1.29 is 42.4 Å². The molecular formula is C8H14I2N2-2. The maximum atomic E-state index is 6.09. The molecule has 0 aromatic carbocycles. The van der Waals surface area contributed by atoms with E-state index in [0.717, 1.165) is 13.8 Å². The third-order valence-electron chi connectivity index (χ3n) is 2.60. The molecule has 4 N–H and O–H groups in total. The normalized spacial score (nSPS) is 48.2. The van der Waals surface area contributed by atoms with Crippen LogP contribution in [-0.4, -0.2) is 9.90 Å². The van der Waals surface area contributed by atoms with Gasteiger partial charge in [-0.3, -0.25) is 0 Å². The summed E-state index contributed by atoms with van der Waals surface area (Å²) < 4.78 is 2.14. The van der Waals surface area contributed by atoms with Gasteiger partial charge in [0.05, 0.1) is 0 Å². The Bertz CT molecular complexity index is 217. The Kier molecular flexibility index (Phi) is 2.59. The molecule has 2 unspecified atom stereocenters. The molecule has 2 nitrogen and oxygen atoms in total. The zero-order chi connectivity index (χ0) is 8.88. The number of allylic oxidation sites excluding steroid dienone is 2. The second-order valence-electron chi connectivity index (χ2n) is 3.39. The van der Waals surface area contributed by atoms with Crippen LogP contribution in [0.25, 0.3) is 0 Å². The summed E-state index contributed by atoms with van der Waals surface area (Å²) in [5.74, 6) is 0.838. The predicted molar refractivity (Wildman–Crippen MR) is 41.6 cm³/mol. The number of fused-ring (bicyclic) bond motifs is 2. The minimum atomic E-state index is 0.164. The van der Waals surface area contributed by atoms with Crippen molar-refractivity contribution in [3.05, 3.63) is 11.3 Å². The van der Waals surface area contributed by atoms with E-state index in [4.69, 9.17) is 11.5 Å². The number of hydrogen-bond acceptors (Lipinski definition) is 2. The van der Waals surface area contributed by atoms with Crippen molar-refractivity contribution in [2.24, 2.45) is 17.4 Å². The van der Waals surface area contributed by atoms with E-state index in [2.05, 4.69) is 13.8 Å². The van der Waals surface area contributed by atoms with Crippen LogP contribution >= 0.6 is 0 Å². The maximum absolute atomic E-state index is 6.09. The number of alkyl halides is 4. The molecule has 1 fully saturated rings. The standard InChI is InChI=1S/C8H14I2N2/c1-3-5-4(2)7(11)6(3)10-8(12)9-5/h3,5-6,8H,11-12H2,1-2H3/q-2/t3-,5-,6?,8?/m0/s1. The summed E-state index contributed by atoms with van der Waals surface area (Å²) in [6.07, 6.45) is 0. The van der Waals surface area contributed by atoms with Crippen LogP contribution < -0.4 is 53.9 Å². The van der Waals surface area contributed by atoms with E-state index in [0.29, 0.717) is 2.06 Å². The SMILES string of the molecule is CC1=C(N)C2[I-]C(N)[I-][C@H]1[C@@H]2C. The molecular weight excluding hydrogens is 378 g/mol. The molecule has 12 heavy (non-hydrogen) atoms. The molecule has 0 radical (unpaired) electrons. The van der Waals surface area contributed by atoms with Gasteiger partial charge in [-0.25, -0.2) is 0 Å². The zero-order valence-corrected chi connectivity index (χ0v) is 11.5. The monoisotopic (exact) mass is 392 g/mol. The van der Waals surface area contributed by atoms with E-state index in [1.807, 2.05) is 0 Å². The van der Waals surface area contributed by atoms with Crippen molar-refractivity contribution in [1.29, 1.82) is 0 Å². The molecule has 0 aromatic heterocycles. The average Bonchev–Trinajstić information content (AvgIpc) is 2.21. The predicted octanol–water partition coefficient (Wildman–Crippen LogP) is -5.96. The van der Waals surface area contributed by atoms with Gasteiger partial charge in [-0.15, -0.1) is 0 Å². The first-order chi connectivity index (χ1) is 5.61. The van der Waals surface area contributed by atoms with Gasteiger partial charge in [0.2, 0.25) is 0 Å². The van der Waals surface area contributed by atoms with E-state index in [9.17, 15) is 0 Å². The fraction of sp³-hybridized carbons (Fsp3) is 0.750.